The lowest BCUT2D eigenvalue weighted by molar-refractivity contribution is 0.0929. The van der Waals surface area contributed by atoms with Crippen molar-refractivity contribution in [2.75, 3.05) is 24.7 Å². The van der Waals surface area contributed by atoms with Crippen molar-refractivity contribution in [3.63, 3.8) is 0 Å². The molecule has 1 unspecified atom stereocenters. The van der Waals surface area contributed by atoms with E-state index >= 15 is 0 Å². The maximum Gasteiger partial charge on any atom is 0.186 e. The number of anilines is 1. The molecular formula is C11H16N2O2S. The highest BCUT2D eigenvalue weighted by Crippen LogP contribution is 2.26. The smallest absolute Gasteiger partial charge is 0.186 e. The van der Waals surface area contributed by atoms with Crippen LogP contribution < -0.4 is 4.90 Å². The third-order valence-electron chi connectivity index (χ3n) is 2.78. The summed E-state index contributed by atoms with van der Waals surface area (Å²) in [7, 11) is 0. The molecule has 0 aromatic carbocycles. The molecule has 0 amide bonds. The summed E-state index contributed by atoms with van der Waals surface area (Å²) < 4.78 is 5.45. The summed E-state index contributed by atoms with van der Waals surface area (Å²) in [5.41, 5.74) is 0. The molecular weight excluding hydrogens is 224 g/mol. The number of rotatable bonds is 3. The van der Waals surface area contributed by atoms with Gasteiger partial charge in [-0.1, -0.05) is 18.3 Å². The molecule has 5 heteroatoms. The highest BCUT2D eigenvalue weighted by molar-refractivity contribution is 7.17. The van der Waals surface area contributed by atoms with Crippen LogP contribution in [0.5, 0.6) is 0 Å². The van der Waals surface area contributed by atoms with E-state index in [2.05, 4.69) is 16.8 Å². The Bertz CT molecular complexity index is 378. The van der Waals surface area contributed by atoms with Gasteiger partial charge < -0.3 is 9.64 Å². The van der Waals surface area contributed by atoms with Gasteiger partial charge in [0.05, 0.1) is 30.3 Å². The molecule has 0 radical (unpaired) electrons. The maximum absolute atomic E-state index is 11.2. The fourth-order valence-electron chi connectivity index (χ4n) is 1.81. The first-order valence-electron chi connectivity index (χ1n) is 5.53. The molecule has 0 N–H and O–H groups in total. The second-order valence-electron chi connectivity index (χ2n) is 3.89. The van der Waals surface area contributed by atoms with Crippen molar-refractivity contribution in [1.29, 1.82) is 0 Å². The molecule has 0 spiro atoms. The largest absolute Gasteiger partial charge is 0.377 e. The second kappa shape index (κ2) is 4.93. The van der Waals surface area contributed by atoms with Gasteiger partial charge in [-0.3, -0.25) is 4.79 Å². The van der Waals surface area contributed by atoms with E-state index in [1.54, 1.807) is 13.1 Å². The third kappa shape index (κ3) is 2.25. The van der Waals surface area contributed by atoms with Crippen LogP contribution in [0.1, 0.15) is 29.9 Å². The zero-order chi connectivity index (χ0) is 11.5. The number of nitrogens with zero attached hydrogens (tertiary/aromatic N) is 2. The summed E-state index contributed by atoms with van der Waals surface area (Å²) in [5, 5.41) is 0.945. The molecule has 0 bridgehead atoms. The SMILES string of the molecule is CCC1COCCN1c1ncc(C(C)=O)s1. The number of hydrogen-bond donors (Lipinski definition) is 0. The minimum absolute atomic E-state index is 0.0880. The number of carbonyl (C=O) groups excluding carboxylic acids is 1. The van der Waals surface area contributed by atoms with E-state index < -0.39 is 0 Å². The highest BCUT2D eigenvalue weighted by Gasteiger charge is 2.24. The van der Waals surface area contributed by atoms with E-state index in [0.717, 1.165) is 36.2 Å². The van der Waals surface area contributed by atoms with Gasteiger partial charge in [-0.2, -0.15) is 0 Å². The molecule has 0 aliphatic carbocycles. The molecule has 1 atom stereocenters. The predicted octanol–water partition coefficient (Wildman–Crippen LogP) is 1.96. The molecule has 88 valence electrons. The zero-order valence-corrected chi connectivity index (χ0v) is 10.4. The minimum atomic E-state index is 0.0880. The van der Waals surface area contributed by atoms with Crippen molar-refractivity contribution in [2.24, 2.45) is 0 Å². The molecule has 1 aromatic rings. The van der Waals surface area contributed by atoms with E-state index in [1.165, 1.54) is 11.3 Å². The molecule has 4 nitrogen and oxygen atoms in total. The molecule has 1 saturated heterocycles. The number of thiazole rings is 1. The lowest BCUT2D eigenvalue weighted by Gasteiger charge is -2.34. The van der Waals surface area contributed by atoms with Crippen molar-refractivity contribution in [1.82, 2.24) is 4.98 Å². The Morgan fingerprint density at radius 2 is 2.56 bits per heavy atom. The van der Waals surface area contributed by atoms with Crippen LogP contribution in [0.2, 0.25) is 0 Å². The number of ketones is 1. The van der Waals surface area contributed by atoms with Gasteiger partial charge in [0.2, 0.25) is 0 Å². The van der Waals surface area contributed by atoms with E-state index in [-0.39, 0.29) is 5.78 Å². The Hall–Kier alpha value is -0.940. The van der Waals surface area contributed by atoms with Crippen molar-refractivity contribution >= 4 is 22.3 Å². The summed E-state index contributed by atoms with van der Waals surface area (Å²) in [4.78, 5) is 18.5. The summed E-state index contributed by atoms with van der Waals surface area (Å²) in [5.74, 6) is 0.0880. The standard InChI is InChI=1S/C11H16N2O2S/c1-3-9-7-15-5-4-13(9)11-12-6-10(16-11)8(2)14/h6,9H,3-5,7H2,1-2H3. The van der Waals surface area contributed by atoms with Crippen molar-refractivity contribution < 1.29 is 9.53 Å². The number of carbonyl (C=O) groups is 1. The van der Waals surface area contributed by atoms with Gasteiger partial charge in [0.1, 0.15) is 0 Å². The van der Waals surface area contributed by atoms with Gasteiger partial charge in [-0.15, -0.1) is 0 Å². The Balaban J connectivity index is 2.17. The first-order chi connectivity index (χ1) is 7.72. The van der Waals surface area contributed by atoms with E-state index in [1.807, 2.05) is 0 Å². The molecule has 1 aromatic heterocycles. The van der Waals surface area contributed by atoms with Gasteiger partial charge >= 0.3 is 0 Å². The van der Waals surface area contributed by atoms with E-state index in [0.29, 0.717) is 6.04 Å². The van der Waals surface area contributed by atoms with Gasteiger partial charge in [0, 0.05) is 13.5 Å². The van der Waals surface area contributed by atoms with E-state index in [9.17, 15) is 4.79 Å². The van der Waals surface area contributed by atoms with Crippen LogP contribution in [-0.2, 0) is 4.74 Å². The van der Waals surface area contributed by atoms with Crippen molar-refractivity contribution in [3.05, 3.63) is 11.1 Å². The Morgan fingerprint density at radius 1 is 1.75 bits per heavy atom. The first-order valence-corrected chi connectivity index (χ1v) is 6.35. The van der Waals surface area contributed by atoms with Crippen molar-refractivity contribution in [3.8, 4) is 0 Å². The molecule has 1 aliphatic rings. The van der Waals surface area contributed by atoms with Gasteiger partial charge in [-0.05, 0) is 6.42 Å². The quantitative estimate of drug-likeness (QED) is 0.757. The highest BCUT2D eigenvalue weighted by atomic mass is 32.1. The van der Waals surface area contributed by atoms with Gasteiger partial charge in [-0.25, -0.2) is 4.98 Å². The lowest BCUT2D eigenvalue weighted by Crippen LogP contribution is -2.45. The first kappa shape index (κ1) is 11.5. The molecule has 1 aliphatic heterocycles. The minimum Gasteiger partial charge on any atom is -0.377 e. The number of hydrogen-bond acceptors (Lipinski definition) is 5. The topological polar surface area (TPSA) is 42.4 Å². The summed E-state index contributed by atoms with van der Waals surface area (Å²) in [6.45, 7) is 6.08. The van der Waals surface area contributed by atoms with Crippen LogP contribution in [0.15, 0.2) is 6.20 Å². The predicted molar refractivity (Wildman–Crippen MR) is 64.4 cm³/mol. The third-order valence-corrected chi connectivity index (χ3v) is 3.92. The monoisotopic (exact) mass is 240 g/mol. The molecule has 16 heavy (non-hydrogen) atoms. The van der Waals surface area contributed by atoms with Gasteiger partial charge in [0.15, 0.2) is 10.9 Å². The molecule has 1 fully saturated rings. The second-order valence-corrected chi connectivity index (χ2v) is 4.90. The van der Waals surface area contributed by atoms with Crippen LogP contribution in [0, 0.1) is 0 Å². The van der Waals surface area contributed by atoms with Gasteiger partial charge in [0.25, 0.3) is 0 Å². The van der Waals surface area contributed by atoms with Crippen LogP contribution in [0.4, 0.5) is 5.13 Å². The zero-order valence-electron chi connectivity index (χ0n) is 9.60. The van der Waals surface area contributed by atoms with Crippen LogP contribution in [0.25, 0.3) is 0 Å². The fourth-order valence-corrected chi connectivity index (χ4v) is 2.71. The Labute approximate surface area is 99.2 Å². The molecule has 0 saturated carbocycles. The van der Waals surface area contributed by atoms with Crippen molar-refractivity contribution in [2.45, 2.75) is 26.3 Å². The summed E-state index contributed by atoms with van der Waals surface area (Å²) in [6, 6.07) is 0.389. The van der Waals surface area contributed by atoms with Crippen LogP contribution in [-0.4, -0.2) is 36.6 Å². The molecule has 2 heterocycles. The summed E-state index contributed by atoms with van der Waals surface area (Å²) in [6.07, 6.45) is 2.71. The normalized spacial score (nSPS) is 21.1. The average molecular weight is 240 g/mol. The number of morpholine rings is 1. The Kier molecular flexibility index (Phi) is 3.56. The molecule has 2 rings (SSSR count). The maximum atomic E-state index is 11.2. The number of ether oxygens (including phenoxy) is 1. The van der Waals surface area contributed by atoms with Crippen LogP contribution in [0.3, 0.4) is 0 Å². The lowest BCUT2D eigenvalue weighted by atomic mass is 10.2. The average Bonchev–Trinajstić information content (AvgIpc) is 2.78. The Morgan fingerprint density at radius 3 is 3.19 bits per heavy atom. The number of aromatic nitrogens is 1. The van der Waals surface area contributed by atoms with Crippen LogP contribution >= 0.6 is 11.3 Å². The number of Topliss-reactive ketones (excluding diaryl/α,β-unsaturated/α-hetero) is 1. The fraction of sp³-hybridized carbons (Fsp3) is 0.636. The summed E-state index contributed by atoms with van der Waals surface area (Å²) >= 11 is 1.48. The van der Waals surface area contributed by atoms with E-state index in [4.69, 9.17) is 4.74 Å².